The maximum Gasteiger partial charge on any atom is 0.293 e. The van der Waals surface area contributed by atoms with Crippen LogP contribution >= 0.6 is 0 Å². The van der Waals surface area contributed by atoms with Gasteiger partial charge in [-0.2, -0.15) is 5.26 Å². The van der Waals surface area contributed by atoms with Gasteiger partial charge in [0.05, 0.1) is 34.1 Å². The number of fused-ring (bicyclic) bond motifs is 1. The van der Waals surface area contributed by atoms with Gasteiger partial charge in [-0.15, -0.1) is 0 Å². The molecule has 0 saturated heterocycles. The van der Waals surface area contributed by atoms with Crippen LogP contribution in [0.3, 0.4) is 0 Å². The van der Waals surface area contributed by atoms with Gasteiger partial charge in [0.2, 0.25) is 0 Å². The predicted octanol–water partition coefficient (Wildman–Crippen LogP) is 3.26. The number of hydrogen-bond donors (Lipinski definition) is 2. The summed E-state index contributed by atoms with van der Waals surface area (Å²) in [6, 6.07) is 12.1. The van der Waals surface area contributed by atoms with Gasteiger partial charge in [0.25, 0.3) is 5.69 Å². The number of benzene rings is 2. The summed E-state index contributed by atoms with van der Waals surface area (Å²) in [5.41, 5.74) is 3.35. The summed E-state index contributed by atoms with van der Waals surface area (Å²) in [6.07, 6.45) is 0. The Kier molecular flexibility index (Phi) is 3.65. The van der Waals surface area contributed by atoms with Gasteiger partial charge in [-0.1, -0.05) is 12.1 Å². The molecular weight excluding hydrogens is 294 g/mol. The minimum Gasteiger partial charge on any atom is -0.372 e. The van der Waals surface area contributed by atoms with Crippen molar-refractivity contribution >= 4 is 22.4 Å². The Hall–Kier alpha value is -3.40. The standard InChI is InChI=1S/C16H13N5O2/c1-10-3-2-4-13-16(10)20-15(19-13)9-18-12-6-5-11(8-17)7-14(12)21(22)23/h2-7,18H,9H2,1H3,(H,19,20). The summed E-state index contributed by atoms with van der Waals surface area (Å²) in [6.45, 7) is 2.30. The minimum absolute atomic E-state index is 0.128. The van der Waals surface area contributed by atoms with Crippen LogP contribution in [-0.2, 0) is 6.54 Å². The van der Waals surface area contributed by atoms with Gasteiger partial charge in [0.1, 0.15) is 11.5 Å². The molecule has 0 amide bonds. The fourth-order valence-corrected chi connectivity index (χ4v) is 2.39. The van der Waals surface area contributed by atoms with E-state index in [0.717, 1.165) is 16.6 Å². The zero-order valence-corrected chi connectivity index (χ0v) is 12.3. The van der Waals surface area contributed by atoms with Crippen LogP contribution in [0.2, 0.25) is 0 Å². The molecule has 0 aliphatic heterocycles. The Bertz CT molecular complexity index is 939. The molecule has 0 radical (unpaired) electrons. The van der Waals surface area contributed by atoms with Crippen LogP contribution in [-0.4, -0.2) is 14.9 Å². The van der Waals surface area contributed by atoms with Crippen molar-refractivity contribution in [3.8, 4) is 6.07 Å². The second kappa shape index (κ2) is 5.77. The van der Waals surface area contributed by atoms with Crippen molar-refractivity contribution in [2.75, 3.05) is 5.32 Å². The van der Waals surface area contributed by atoms with E-state index in [1.165, 1.54) is 18.2 Å². The quantitative estimate of drug-likeness (QED) is 0.568. The van der Waals surface area contributed by atoms with E-state index in [-0.39, 0.29) is 11.3 Å². The van der Waals surface area contributed by atoms with Gasteiger partial charge in [0, 0.05) is 6.07 Å². The van der Waals surface area contributed by atoms with E-state index in [1.807, 2.05) is 31.2 Å². The lowest BCUT2D eigenvalue weighted by atomic mass is 10.2. The van der Waals surface area contributed by atoms with Crippen LogP contribution in [0.25, 0.3) is 11.0 Å². The number of hydrogen-bond acceptors (Lipinski definition) is 5. The van der Waals surface area contributed by atoms with E-state index < -0.39 is 4.92 Å². The fraction of sp³-hybridized carbons (Fsp3) is 0.125. The first kappa shape index (κ1) is 14.5. The van der Waals surface area contributed by atoms with Gasteiger partial charge in [-0.25, -0.2) is 4.98 Å². The zero-order chi connectivity index (χ0) is 16.4. The van der Waals surface area contributed by atoms with Crippen LogP contribution in [0.1, 0.15) is 17.0 Å². The lowest BCUT2D eigenvalue weighted by Crippen LogP contribution is -2.04. The van der Waals surface area contributed by atoms with Crippen LogP contribution in [0.4, 0.5) is 11.4 Å². The molecule has 2 aromatic carbocycles. The van der Waals surface area contributed by atoms with E-state index in [4.69, 9.17) is 5.26 Å². The van der Waals surface area contributed by atoms with Crippen molar-refractivity contribution in [1.82, 2.24) is 9.97 Å². The highest BCUT2D eigenvalue weighted by Crippen LogP contribution is 2.26. The molecule has 114 valence electrons. The number of nitriles is 1. The summed E-state index contributed by atoms with van der Waals surface area (Å²) in [4.78, 5) is 18.3. The number of nitrogens with zero attached hydrogens (tertiary/aromatic N) is 3. The number of nitro groups is 1. The molecule has 0 spiro atoms. The molecule has 0 aliphatic rings. The van der Waals surface area contributed by atoms with Crippen molar-refractivity contribution in [1.29, 1.82) is 5.26 Å². The molecular formula is C16H13N5O2. The molecule has 0 saturated carbocycles. The Morgan fingerprint density at radius 3 is 2.91 bits per heavy atom. The number of rotatable bonds is 4. The second-order valence-electron chi connectivity index (χ2n) is 5.11. The molecule has 7 nitrogen and oxygen atoms in total. The number of aromatic amines is 1. The van der Waals surface area contributed by atoms with Gasteiger partial charge in [-0.05, 0) is 30.7 Å². The fourth-order valence-electron chi connectivity index (χ4n) is 2.39. The average molecular weight is 307 g/mol. The van der Waals surface area contributed by atoms with Crippen LogP contribution in [0, 0.1) is 28.4 Å². The van der Waals surface area contributed by atoms with Gasteiger partial charge in [0.15, 0.2) is 0 Å². The highest BCUT2D eigenvalue weighted by Gasteiger charge is 2.15. The lowest BCUT2D eigenvalue weighted by molar-refractivity contribution is -0.384. The molecule has 0 unspecified atom stereocenters. The number of nitro benzene ring substituents is 1. The Morgan fingerprint density at radius 2 is 2.22 bits per heavy atom. The van der Waals surface area contributed by atoms with Crippen LogP contribution in [0.15, 0.2) is 36.4 Å². The van der Waals surface area contributed by atoms with Crippen LogP contribution in [0.5, 0.6) is 0 Å². The van der Waals surface area contributed by atoms with Crippen molar-refractivity contribution in [3.05, 3.63) is 63.5 Å². The number of imidazole rings is 1. The second-order valence-corrected chi connectivity index (χ2v) is 5.11. The van der Waals surface area contributed by atoms with E-state index in [1.54, 1.807) is 0 Å². The smallest absolute Gasteiger partial charge is 0.293 e. The van der Waals surface area contributed by atoms with E-state index in [2.05, 4.69) is 15.3 Å². The van der Waals surface area contributed by atoms with E-state index in [9.17, 15) is 10.1 Å². The summed E-state index contributed by atoms with van der Waals surface area (Å²) >= 11 is 0. The molecule has 0 aliphatic carbocycles. The number of anilines is 1. The first-order chi connectivity index (χ1) is 11.1. The predicted molar refractivity (Wildman–Crippen MR) is 86.0 cm³/mol. The van der Waals surface area contributed by atoms with Crippen molar-refractivity contribution in [3.63, 3.8) is 0 Å². The molecule has 23 heavy (non-hydrogen) atoms. The molecule has 2 N–H and O–H groups in total. The lowest BCUT2D eigenvalue weighted by Gasteiger charge is -2.05. The maximum absolute atomic E-state index is 11.1. The summed E-state index contributed by atoms with van der Waals surface area (Å²) < 4.78 is 0. The van der Waals surface area contributed by atoms with Crippen molar-refractivity contribution in [2.24, 2.45) is 0 Å². The third-order valence-electron chi connectivity index (χ3n) is 3.53. The molecule has 0 fully saturated rings. The molecule has 3 aromatic rings. The summed E-state index contributed by atoms with van der Waals surface area (Å²) in [5.74, 6) is 0.688. The van der Waals surface area contributed by atoms with Crippen molar-refractivity contribution < 1.29 is 4.92 Å². The van der Waals surface area contributed by atoms with Crippen LogP contribution < -0.4 is 5.32 Å². The molecule has 1 heterocycles. The molecule has 7 heteroatoms. The monoisotopic (exact) mass is 307 g/mol. The zero-order valence-electron chi connectivity index (χ0n) is 12.3. The highest BCUT2D eigenvalue weighted by molar-refractivity contribution is 5.78. The molecule has 3 rings (SSSR count). The number of H-pyrrole nitrogens is 1. The summed E-state index contributed by atoms with van der Waals surface area (Å²) in [7, 11) is 0. The number of para-hydroxylation sites is 1. The number of aryl methyl sites for hydroxylation is 1. The van der Waals surface area contributed by atoms with E-state index >= 15 is 0 Å². The van der Waals surface area contributed by atoms with Crippen molar-refractivity contribution in [2.45, 2.75) is 13.5 Å². The topological polar surface area (TPSA) is 108 Å². The average Bonchev–Trinajstić information content (AvgIpc) is 2.97. The number of aromatic nitrogens is 2. The third-order valence-corrected chi connectivity index (χ3v) is 3.53. The van der Waals surface area contributed by atoms with Gasteiger partial charge in [-0.3, -0.25) is 10.1 Å². The highest BCUT2D eigenvalue weighted by atomic mass is 16.6. The minimum atomic E-state index is -0.508. The molecule has 0 bridgehead atoms. The maximum atomic E-state index is 11.1. The molecule has 0 atom stereocenters. The summed E-state index contributed by atoms with van der Waals surface area (Å²) in [5, 5.41) is 23.0. The Morgan fingerprint density at radius 1 is 1.39 bits per heavy atom. The Balaban J connectivity index is 1.86. The third kappa shape index (κ3) is 2.82. The first-order valence-electron chi connectivity index (χ1n) is 6.95. The first-order valence-corrected chi connectivity index (χ1v) is 6.95. The van der Waals surface area contributed by atoms with Gasteiger partial charge >= 0.3 is 0 Å². The van der Waals surface area contributed by atoms with E-state index in [0.29, 0.717) is 18.1 Å². The van der Waals surface area contributed by atoms with Gasteiger partial charge < -0.3 is 10.3 Å². The Labute approximate surface area is 131 Å². The largest absolute Gasteiger partial charge is 0.372 e. The normalized spacial score (nSPS) is 10.4. The number of nitrogens with one attached hydrogen (secondary N) is 2. The molecule has 1 aromatic heterocycles. The SMILES string of the molecule is Cc1cccc2[nH]c(CNc3ccc(C#N)cc3[N+](=O)[O-])nc12.